The maximum atomic E-state index is 2.42. The molecular weight excluding hydrogens is 615 g/mol. The molecule has 1 nitrogen and oxygen atoms in total. The van der Waals surface area contributed by atoms with E-state index in [0.29, 0.717) is 0 Å². The maximum Gasteiger partial charge on any atom is 0.0547 e. The Labute approximate surface area is 295 Å². The molecule has 10 aromatic carbocycles. The van der Waals surface area contributed by atoms with Crippen LogP contribution in [0.5, 0.6) is 0 Å². The molecule has 0 unspecified atom stereocenters. The fourth-order valence-electron chi connectivity index (χ4n) is 8.67. The average Bonchev–Trinajstić information content (AvgIpc) is 3.54. The van der Waals surface area contributed by atoms with Crippen LogP contribution in [0.4, 0.5) is 0 Å². The summed E-state index contributed by atoms with van der Waals surface area (Å²) in [5.41, 5.74) is 8.53. The van der Waals surface area contributed by atoms with Crippen LogP contribution in [-0.4, -0.2) is 4.57 Å². The predicted molar refractivity (Wildman–Crippen MR) is 219 cm³/mol. The van der Waals surface area contributed by atoms with Gasteiger partial charge in [0.15, 0.2) is 0 Å². The highest BCUT2D eigenvalue weighted by molar-refractivity contribution is 6.39. The number of benzene rings is 10. The van der Waals surface area contributed by atoms with Gasteiger partial charge in [-0.05, 0) is 113 Å². The van der Waals surface area contributed by atoms with Gasteiger partial charge in [0.2, 0.25) is 0 Å². The second kappa shape index (κ2) is 10.9. The molecular formula is C50H31N. The van der Waals surface area contributed by atoms with E-state index in [1.165, 1.54) is 104 Å². The fourth-order valence-corrected chi connectivity index (χ4v) is 8.67. The molecule has 0 aliphatic rings. The minimum Gasteiger partial charge on any atom is -0.309 e. The topological polar surface area (TPSA) is 4.93 Å². The van der Waals surface area contributed by atoms with Crippen molar-refractivity contribution < 1.29 is 0 Å². The Kier molecular flexibility index (Phi) is 6.02. The number of rotatable bonds is 3. The summed E-state index contributed by atoms with van der Waals surface area (Å²) in [6.07, 6.45) is 0. The zero-order valence-corrected chi connectivity index (χ0v) is 27.8. The summed E-state index contributed by atoms with van der Waals surface area (Å²) in [5.74, 6) is 0. The van der Waals surface area contributed by atoms with E-state index in [4.69, 9.17) is 0 Å². The van der Waals surface area contributed by atoms with Crippen molar-refractivity contribution in [2.24, 2.45) is 0 Å². The Morgan fingerprint density at radius 3 is 1.25 bits per heavy atom. The molecule has 0 bridgehead atoms. The first kappa shape index (κ1) is 28.2. The van der Waals surface area contributed by atoms with E-state index in [9.17, 15) is 0 Å². The van der Waals surface area contributed by atoms with Crippen LogP contribution in [-0.2, 0) is 0 Å². The van der Waals surface area contributed by atoms with Gasteiger partial charge in [-0.1, -0.05) is 152 Å². The van der Waals surface area contributed by atoms with Gasteiger partial charge in [0.05, 0.1) is 11.0 Å². The third kappa shape index (κ3) is 4.16. The van der Waals surface area contributed by atoms with Gasteiger partial charge >= 0.3 is 0 Å². The van der Waals surface area contributed by atoms with Gasteiger partial charge in [-0.3, -0.25) is 0 Å². The van der Waals surface area contributed by atoms with Gasteiger partial charge in [-0.2, -0.15) is 0 Å². The second-order valence-corrected chi connectivity index (χ2v) is 13.6. The van der Waals surface area contributed by atoms with Crippen molar-refractivity contribution in [3.8, 4) is 27.9 Å². The van der Waals surface area contributed by atoms with Crippen LogP contribution in [0.25, 0.3) is 104 Å². The van der Waals surface area contributed by atoms with E-state index < -0.39 is 0 Å². The molecule has 0 aliphatic carbocycles. The lowest BCUT2D eigenvalue weighted by Gasteiger charge is -2.18. The Hall–Kier alpha value is -6.70. The van der Waals surface area contributed by atoms with Crippen LogP contribution >= 0.6 is 0 Å². The smallest absolute Gasteiger partial charge is 0.0547 e. The van der Waals surface area contributed by atoms with Crippen molar-refractivity contribution in [2.75, 3.05) is 0 Å². The van der Waals surface area contributed by atoms with Crippen molar-refractivity contribution in [3.05, 3.63) is 188 Å². The number of nitrogens with zero attached hydrogens (tertiary/aromatic N) is 1. The predicted octanol–water partition coefficient (Wildman–Crippen LogP) is 13.9. The monoisotopic (exact) mass is 645 g/mol. The van der Waals surface area contributed by atoms with Gasteiger partial charge in [-0.15, -0.1) is 0 Å². The Morgan fingerprint density at radius 2 is 0.647 bits per heavy atom. The molecule has 0 radical (unpaired) electrons. The van der Waals surface area contributed by atoms with Gasteiger partial charge in [0.25, 0.3) is 0 Å². The van der Waals surface area contributed by atoms with Crippen LogP contribution in [0.2, 0.25) is 0 Å². The minimum absolute atomic E-state index is 1.17. The maximum absolute atomic E-state index is 2.42. The van der Waals surface area contributed by atoms with Gasteiger partial charge in [0.1, 0.15) is 0 Å². The molecule has 1 heteroatoms. The third-order valence-electron chi connectivity index (χ3n) is 10.9. The fraction of sp³-hybridized carbons (Fsp3) is 0. The molecule has 0 amide bonds. The van der Waals surface area contributed by atoms with E-state index >= 15 is 0 Å². The van der Waals surface area contributed by atoms with E-state index in [1.807, 2.05) is 0 Å². The van der Waals surface area contributed by atoms with Crippen LogP contribution in [0.3, 0.4) is 0 Å². The largest absolute Gasteiger partial charge is 0.309 e. The Balaban J connectivity index is 1.20. The molecule has 1 heterocycles. The lowest BCUT2D eigenvalue weighted by Crippen LogP contribution is -1.93. The summed E-state index contributed by atoms with van der Waals surface area (Å²) in [4.78, 5) is 0. The van der Waals surface area contributed by atoms with E-state index in [2.05, 4.69) is 193 Å². The van der Waals surface area contributed by atoms with Crippen molar-refractivity contribution in [2.45, 2.75) is 0 Å². The van der Waals surface area contributed by atoms with Crippen molar-refractivity contribution in [1.29, 1.82) is 0 Å². The van der Waals surface area contributed by atoms with Gasteiger partial charge in [-0.25, -0.2) is 0 Å². The number of para-hydroxylation sites is 2. The first-order valence-electron chi connectivity index (χ1n) is 17.7. The zero-order chi connectivity index (χ0) is 33.5. The number of hydrogen-bond acceptors (Lipinski definition) is 0. The van der Waals surface area contributed by atoms with Crippen LogP contribution in [0.1, 0.15) is 0 Å². The van der Waals surface area contributed by atoms with Crippen LogP contribution in [0.15, 0.2) is 188 Å². The van der Waals surface area contributed by atoms with Gasteiger partial charge < -0.3 is 4.57 Å². The van der Waals surface area contributed by atoms with Crippen molar-refractivity contribution in [1.82, 2.24) is 4.57 Å². The van der Waals surface area contributed by atoms with Crippen molar-refractivity contribution >= 4 is 75.7 Å². The SMILES string of the molecule is c1ccc(-c2ccc3c(c2)c2ccccc2c2c4ccc(-c5ccc6c7ccccc7n(-c7ccccc7)c6c5)cc4c4ccccc4c32)cc1. The lowest BCUT2D eigenvalue weighted by atomic mass is 9.85. The van der Waals surface area contributed by atoms with Crippen LogP contribution < -0.4 is 0 Å². The summed E-state index contributed by atoms with van der Waals surface area (Å²) in [7, 11) is 0. The van der Waals surface area contributed by atoms with E-state index in [1.54, 1.807) is 0 Å². The highest BCUT2D eigenvalue weighted by Crippen LogP contribution is 2.45. The summed E-state index contributed by atoms with van der Waals surface area (Å²) >= 11 is 0. The molecule has 0 saturated carbocycles. The zero-order valence-electron chi connectivity index (χ0n) is 27.8. The molecule has 51 heavy (non-hydrogen) atoms. The summed E-state index contributed by atoms with van der Waals surface area (Å²) < 4.78 is 2.40. The second-order valence-electron chi connectivity index (χ2n) is 13.6. The van der Waals surface area contributed by atoms with Gasteiger partial charge in [0, 0.05) is 16.5 Å². The third-order valence-corrected chi connectivity index (χ3v) is 10.9. The molecule has 0 saturated heterocycles. The molecule has 0 aliphatic heterocycles. The standard InChI is InChI=1S/C50H31N/c1-3-13-32(14-4-1)33-24-27-43-45(29-33)37-17-7-9-20-41(37)50-44-28-25-34(30-46(44)38-18-8-10-21-42(38)49(43)50)35-23-26-40-39-19-11-12-22-47(39)51(48(40)31-35)36-15-5-2-6-16-36/h1-31H. The van der Waals surface area contributed by atoms with Crippen molar-refractivity contribution in [3.63, 3.8) is 0 Å². The molecule has 236 valence electrons. The van der Waals surface area contributed by atoms with E-state index in [-0.39, 0.29) is 0 Å². The van der Waals surface area contributed by atoms with E-state index in [0.717, 1.165) is 0 Å². The highest BCUT2D eigenvalue weighted by Gasteiger charge is 2.18. The average molecular weight is 646 g/mol. The summed E-state index contributed by atoms with van der Waals surface area (Å²) in [6.45, 7) is 0. The molecule has 0 N–H and O–H groups in total. The highest BCUT2D eigenvalue weighted by atomic mass is 15.0. The molecule has 0 fully saturated rings. The Bertz CT molecular complexity index is 3170. The summed E-state index contributed by atoms with van der Waals surface area (Å²) in [5, 5.41) is 15.5. The number of aromatic nitrogens is 1. The quantitative estimate of drug-likeness (QED) is 0.169. The van der Waals surface area contributed by atoms with Crippen LogP contribution in [0, 0.1) is 0 Å². The normalized spacial score (nSPS) is 11.9. The first-order valence-corrected chi connectivity index (χ1v) is 17.7. The molecule has 1 aromatic heterocycles. The summed E-state index contributed by atoms with van der Waals surface area (Å²) in [6, 6.07) is 69.2. The number of hydrogen-bond donors (Lipinski definition) is 0. The number of fused-ring (bicyclic) bond motifs is 14. The molecule has 0 spiro atoms. The minimum atomic E-state index is 1.17. The molecule has 0 atom stereocenters. The Morgan fingerprint density at radius 1 is 0.235 bits per heavy atom. The first-order chi connectivity index (χ1) is 25.3. The lowest BCUT2D eigenvalue weighted by molar-refractivity contribution is 1.18. The molecule has 11 aromatic rings. The molecule has 11 rings (SSSR count).